The number of sulfonamides is 1. The number of halogens is 1. The Kier molecular flexibility index (Phi) is 6.18. The lowest BCUT2D eigenvalue weighted by Crippen LogP contribution is -2.28. The van der Waals surface area contributed by atoms with Crippen molar-refractivity contribution >= 4 is 38.0 Å². The van der Waals surface area contributed by atoms with Crippen LogP contribution in [0.25, 0.3) is 0 Å². The fraction of sp³-hybridized carbons (Fsp3) is 0.364. The summed E-state index contributed by atoms with van der Waals surface area (Å²) < 4.78 is 51.0. The van der Waals surface area contributed by atoms with E-state index in [0.717, 1.165) is 6.07 Å². The number of hydrogen-bond acceptors (Lipinski definition) is 4. The zero-order valence-corrected chi connectivity index (χ0v) is 13.2. The van der Waals surface area contributed by atoms with Gasteiger partial charge in [0.15, 0.2) is 0 Å². The van der Waals surface area contributed by atoms with Crippen LogP contribution >= 0.6 is 12.2 Å². The van der Waals surface area contributed by atoms with Crippen LogP contribution in [-0.4, -0.2) is 36.2 Å². The molecule has 112 valence electrons. The Labute approximate surface area is 125 Å². The van der Waals surface area contributed by atoms with Crippen LogP contribution in [0.5, 0.6) is 0 Å². The standard InChI is InChI=1S/C11H15FN2O3S3/c1-19(15)7-3-6-14-20(16,17)9-5-2-4-8(12)10(9)11(13)18/h2,4-5,14H,3,6-7H2,1H3,(H2,13,18). The molecule has 0 saturated heterocycles. The van der Waals surface area contributed by atoms with Crippen LogP contribution in [0.4, 0.5) is 4.39 Å². The summed E-state index contributed by atoms with van der Waals surface area (Å²) in [7, 11) is -4.90. The molecule has 0 saturated carbocycles. The fourth-order valence-electron chi connectivity index (χ4n) is 1.53. The molecule has 1 atom stereocenters. The van der Waals surface area contributed by atoms with Crippen molar-refractivity contribution < 1.29 is 17.0 Å². The Morgan fingerprint density at radius 3 is 2.70 bits per heavy atom. The van der Waals surface area contributed by atoms with Crippen LogP contribution in [0.1, 0.15) is 12.0 Å². The Hall–Kier alpha value is -0.900. The maximum absolute atomic E-state index is 13.6. The minimum absolute atomic E-state index is 0.106. The van der Waals surface area contributed by atoms with Gasteiger partial charge in [0.1, 0.15) is 10.8 Å². The number of hydrogen-bond donors (Lipinski definition) is 2. The Balaban J connectivity index is 2.96. The predicted octanol–water partition coefficient (Wildman–Crippen LogP) is 0.507. The number of nitrogens with two attached hydrogens (primary N) is 1. The number of thiocarbonyl (C=S) groups is 1. The first kappa shape index (κ1) is 17.2. The summed E-state index contributed by atoms with van der Waals surface area (Å²) in [6.45, 7) is 0.106. The molecule has 20 heavy (non-hydrogen) atoms. The highest BCUT2D eigenvalue weighted by Gasteiger charge is 2.22. The van der Waals surface area contributed by atoms with E-state index in [2.05, 4.69) is 16.9 Å². The van der Waals surface area contributed by atoms with Crippen LogP contribution < -0.4 is 10.5 Å². The molecule has 0 spiro atoms. The van der Waals surface area contributed by atoms with E-state index >= 15 is 0 Å². The second kappa shape index (κ2) is 7.21. The smallest absolute Gasteiger partial charge is 0.241 e. The van der Waals surface area contributed by atoms with E-state index in [1.54, 1.807) is 0 Å². The molecule has 1 aromatic rings. The molecule has 0 aliphatic carbocycles. The highest BCUT2D eigenvalue weighted by Crippen LogP contribution is 2.18. The van der Waals surface area contributed by atoms with Gasteiger partial charge in [0.05, 0.1) is 10.5 Å². The largest absolute Gasteiger partial charge is 0.389 e. The minimum atomic E-state index is -3.91. The Morgan fingerprint density at radius 2 is 2.15 bits per heavy atom. The van der Waals surface area contributed by atoms with Crippen LogP contribution in [0, 0.1) is 5.82 Å². The van der Waals surface area contributed by atoms with E-state index in [0.29, 0.717) is 12.2 Å². The van der Waals surface area contributed by atoms with Gasteiger partial charge < -0.3 is 5.73 Å². The molecule has 0 aliphatic rings. The van der Waals surface area contributed by atoms with Gasteiger partial charge in [-0.25, -0.2) is 17.5 Å². The summed E-state index contributed by atoms with van der Waals surface area (Å²) in [6, 6.07) is 3.60. The summed E-state index contributed by atoms with van der Waals surface area (Å²) in [5, 5.41) is 0. The molecule has 0 fully saturated rings. The van der Waals surface area contributed by atoms with Crippen LogP contribution in [-0.2, 0) is 20.8 Å². The maximum Gasteiger partial charge on any atom is 0.241 e. The average Bonchev–Trinajstić information content (AvgIpc) is 2.33. The van der Waals surface area contributed by atoms with Crippen LogP contribution in [0.2, 0.25) is 0 Å². The van der Waals surface area contributed by atoms with E-state index in [9.17, 15) is 17.0 Å². The predicted molar refractivity (Wildman–Crippen MR) is 81.0 cm³/mol. The SMILES string of the molecule is CS(=O)CCCNS(=O)(=O)c1cccc(F)c1C(N)=S. The highest BCUT2D eigenvalue weighted by molar-refractivity contribution is 7.89. The molecule has 0 radical (unpaired) electrons. The van der Waals surface area contributed by atoms with Gasteiger partial charge in [0.2, 0.25) is 10.0 Å². The van der Waals surface area contributed by atoms with Crippen molar-refractivity contribution in [3.63, 3.8) is 0 Å². The number of nitrogens with one attached hydrogen (secondary N) is 1. The summed E-state index contributed by atoms with van der Waals surface area (Å²) in [5.74, 6) is -0.400. The molecule has 0 aromatic heterocycles. The van der Waals surface area contributed by atoms with Crippen molar-refractivity contribution in [2.24, 2.45) is 5.73 Å². The summed E-state index contributed by atoms with van der Waals surface area (Å²) in [6.07, 6.45) is 1.95. The van der Waals surface area contributed by atoms with E-state index < -0.39 is 26.6 Å². The molecule has 0 aliphatic heterocycles. The van der Waals surface area contributed by atoms with Crippen LogP contribution in [0.3, 0.4) is 0 Å². The van der Waals surface area contributed by atoms with E-state index in [-0.39, 0.29) is 22.0 Å². The summed E-state index contributed by atoms with van der Waals surface area (Å²) >= 11 is 4.68. The third-order valence-electron chi connectivity index (χ3n) is 2.41. The molecule has 5 nitrogen and oxygen atoms in total. The number of rotatable bonds is 7. The molecule has 0 amide bonds. The van der Waals surface area contributed by atoms with Gasteiger partial charge in [-0.3, -0.25) is 4.21 Å². The zero-order valence-electron chi connectivity index (χ0n) is 10.8. The molecule has 0 heterocycles. The third-order valence-corrected chi connectivity index (χ3v) is 4.98. The second-order valence-corrected chi connectivity index (χ2v) is 7.74. The van der Waals surface area contributed by atoms with E-state index in [1.165, 1.54) is 18.4 Å². The number of benzene rings is 1. The fourth-order valence-corrected chi connectivity index (χ4v) is 3.65. The first-order valence-electron chi connectivity index (χ1n) is 5.63. The normalized spacial score (nSPS) is 13.1. The van der Waals surface area contributed by atoms with Gasteiger partial charge in [0, 0.05) is 29.4 Å². The Bertz CT molecular complexity index is 632. The second-order valence-electron chi connectivity index (χ2n) is 4.01. The third kappa shape index (κ3) is 4.58. The monoisotopic (exact) mass is 338 g/mol. The molecular weight excluding hydrogens is 323 g/mol. The lowest BCUT2D eigenvalue weighted by Gasteiger charge is -2.11. The van der Waals surface area contributed by atoms with Crippen molar-refractivity contribution in [1.29, 1.82) is 0 Å². The van der Waals surface area contributed by atoms with E-state index in [4.69, 9.17) is 5.73 Å². The maximum atomic E-state index is 13.6. The van der Waals surface area contributed by atoms with Crippen molar-refractivity contribution in [3.8, 4) is 0 Å². The topological polar surface area (TPSA) is 89.3 Å². The molecule has 1 rings (SSSR count). The summed E-state index contributed by atoms with van der Waals surface area (Å²) in [5.41, 5.74) is 5.07. The minimum Gasteiger partial charge on any atom is -0.389 e. The molecular formula is C11H15FN2O3S3. The molecule has 3 N–H and O–H groups in total. The van der Waals surface area contributed by atoms with Crippen molar-refractivity contribution in [2.45, 2.75) is 11.3 Å². The molecule has 1 aromatic carbocycles. The molecule has 1 unspecified atom stereocenters. The molecule has 9 heteroatoms. The van der Waals surface area contributed by atoms with Gasteiger partial charge in [-0.15, -0.1) is 0 Å². The van der Waals surface area contributed by atoms with Gasteiger partial charge in [-0.2, -0.15) is 0 Å². The molecule has 0 bridgehead atoms. The first-order valence-corrected chi connectivity index (χ1v) is 9.25. The van der Waals surface area contributed by atoms with Crippen molar-refractivity contribution in [1.82, 2.24) is 4.72 Å². The highest BCUT2D eigenvalue weighted by atomic mass is 32.2. The Morgan fingerprint density at radius 1 is 1.50 bits per heavy atom. The van der Waals surface area contributed by atoms with Gasteiger partial charge in [0.25, 0.3) is 0 Å². The lowest BCUT2D eigenvalue weighted by molar-refractivity contribution is 0.576. The van der Waals surface area contributed by atoms with Crippen molar-refractivity contribution in [2.75, 3.05) is 18.6 Å². The van der Waals surface area contributed by atoms with Gasteiger partial charge in [-0.1, -0.05) is 18.3 Å². The lowest BCUT2D eigenvalue weighted by atomic mass is 10.2. The van der Waals surface area contributed by atoms with Gasteiger partial charge in [-0.05, 0) is 18.6 Å². The summed E-state index contributed by atoms with van der Waals surface area (Å²) in [4.78, 5) is -0.610. The average molecular weight is 338 g/mol. The van der Waals surface area contributed by atoms with E-state index in [1.807, 2.05) is 0 Å². The van der Waals surface area contributed by atoms with Gasteiger partial charge >= 0.3 is 0 Å². The quantitative estimate of drug-likeness (QED) is 0.558. The first-order chi connectivity index (χ1) is 9.25. The van der Waals surface area contributed by atoms with Crippen LogP contribution in [0.15, 0.2) is 23.1 Å². The zero-order chi connectivity index (χ0) is 15.3. The van der Waals surface area contributed by atoms with Crippen molar-refractivity contribution in [3.05, 3.63) is 29.6 Å².